The summed E-state index contributed by atoms with van der Waals surface area (Å²) >= 11 is 0. The van der Waals surface area contributed by atoms with E-state index in [-0.39, 0.29) is 5.78 Å². The number of hydrogen-bond donors (Lipinski definition) is 1. The number of unbranched alkanes of at least 4 members (excludes halogenated alkanes) is 12. The second-order valence-corrected chi connectivity index (χ2v) is 6.29. The molecule has 3 nitrogen and oxygen atoms in total. The van der Waals surface area contributed by atoms with Crippen LogP contribution in [0.2, 0.25) is 0 Å². The predicted octanol–water partition coefficient (Wildman–Crippen LogP) is 6.15. The maximum Gasteiger partial charge on any atom is 0.303 e. The van der Waals surface area contributed by atoms with Gasteiger partial charge in [0.05, 0.1) is 0 Å². The van der Waals surface area contributed by atoms with Crippen molar-refractivity contribution in [3.63, 3.8) is 0 Å². The van der Waals surface area contributed by atoms with Gasteiger partial charge >= 0.3 is 5.97 Å². The fourth-order valence-corrected chi connectivity index (χ4v) is 2.29. The van der Waals surface area contributed by atoms with E-state index in [9.17, 15) is 9.59 Å². The molecule has 132 valence electrons. The van der Waals surface area contributed by atoms with Crippen molar-refractivity contribution in [2.75, 3.05) is 0 Å². The summed E-state index contributed by atoms with van der Waals surface area (Å²) in [6.45, 7) is 5.32. The maximum atomic E-state index is 10.3. The van der Waals surface area contributed by atoms with E-state index in [4.69, 9.17) is 5.11 Å². The first-order valence-electron chi connectivity index (χ1n) is 9.19. The third kappa shape index (κ3) is 31.5. The van der Waals surface area contributed by atoms with Gasteiger partial charge in [-0.2, -0.15) is 0 Å². The molecule has 0 unspecified atom stereocenters. The van der Waals surface area contributed by atoms with Crippen molar-refractivity contribution in [3.8, 4) is 0 Å². The smallest absolute Gasteiger partial charge is 0.303 e. The Hall–Kier alpha value is -0.860. The van der Waals surface area contributed by atoms with E-state index in [0.29, 0.717) is 6.42 Å². The molecule has 0 aliphatic heterocycles. The Morgan fingerprint density at radius 1 is 0.636 bits per heavy atom. The molecule has 0 aromatic rings. The Bertz CT molecular complexity index is 245. The van der Waals surface area contributed by atoms with Crippen molar-refractivity contribution in [1.29, 1.82) is 0 Å². The molecule has 0 rings (SSSR count). The summed E-state index contributed by atoms with van der Waals surface area (Å²) < 4.78 is 0. The Labute approximate surface area is 137 Å². The number of carboxylic acid groups (broad SMARTS) is 1. The molecule has 1 N–H and O–H groups in total. The third-order valence-corrected chi connectivity index (χ3v) is 3.49. The summed E-state index contributed by atoms with van der Waals surface area (Å²) in [5.74, 6) is -0.488. The lowest BCUT2D eigenvalue weighted by Gasteiger charge is -2.02. The minimum atomic E-state index is -0.655. The van der Waals surface area contributed by atoms with Crippen LogP contribution in [0.3, 0.4) is 0 Å². The molecule has 0 aromatic carbocycles. The summed E-state index contributed by atoms with van der Waals surface area (Å²) in [6, 6.07) is 0. The first-order valence-corrected chi connectivity index (χ1v) is 9.19. The molecule has 0 aliphatic carbocycles. The lowest BCUT2D eigenvalue weighted by Crippen LogP contribution is -1.93. The molecule has 0 fully saturated rings. The van der Waals surface area contributed by atoms with E-state index in [0.717, 1.165) is 12.8 Å². The highest BCUT2D eigenvalue weighted by molar-refractivity contribution is 5.72. The van der Waals surface area contributed by atoms with Gasteiger partial charge in [-0.3, -0.25) is 4.79 Å². The highest BCUT2D eigenvalue weighted by atomic mass is 16.4. The molecule has 0 saturated heterocycles. The number of Topliss-reactive ketones (excluding diaryl/α,β-unsaturated/α-hetero) is 1. The molecule has 0 aliphatic rings. The van der Waals surface area contributed by atoms with Gasteiger partial charge in [0.25, 0.3) is 0 Å². The van der Waals surface area contributed by atoms with E-state index in [1.165, 1.54) is 84.5 Å². The zero-order valence-electron chi connectivity index (χ0n) is 15.2. The monoisotopic (exact) mass is 314 g/mol. The van der Waals surface area contributed by atoms with Crippen molar-refractivity contribution >= 4 is 11.8 Å². The van der Waals surface area contributed by atoms with Crippen molar-refractivity contribution in [1.82, 2.24) is 0 Å². The van der Waals surface area contributed by atoms with Gasteiger partial charge in [-0.15, -0.1) is 0 Å². The van der Waals surface area contributed by atoms with Crippen LogP contribution in [0, 0.1) is 0 Å². The highest BCUT2D eigenvalue weighted by Gasteiger charge is 1.96. The largest absolute Gasteiger partial charge is 0.481 e. The van der Waals surface area contributed by atoms with Crippen LogP contribution in [-0.4, -0.2) is 16.9 Å². The highest BCUT2D eigenvalue weighted by Crippen LogP contribution is 2.12. The lowest BCUT2D eigenvalue weighted by molar-refractivity contribution is -0.137. The molecule has 0 radical (unpaired) electrons. The van der Waals surface area contributed by atoms with Gasteiger partial charge in [-0.1, -0.05) is 84.0 Å². The van der Waals surface area contributed by atoms with E-state index in [2.05, 4.69) is 6.92 Å². The molecule has 0 atom stereocenters. The quantitative estimate of drug-likeness (QED) is 0.391. The number of rotatable bonds is 14. The minimum Gasteiger partial charge on any atom is -0.481 e. The summed E-state index contributed by atoms with van der Waals surface area (Å²) in [6.07, 6.45) is 17.3. The molecule has 0 bridgehead atoms. The van der Waals surface area contributed by atoms with E-state index in [1.807, 2.05) is 0 Å². The molecule has 0 amide bonds. The van der Waals surface area contributed by atoms with E-state index < -0.39 is 5.97 Å². The van der Waals surface area contributed by atoms with E-state index in [1.54, 1.807) is 0 Å². The molecular formula is C19H38O3. The third-order valence-electron chi connectivity index (χ3n) is 3.49. The minimum absolute atomic E-state index is 0.167. The first-order chi connectivity index (χ1) is 10.5. The maximum absolute atomic E-state index is 10.3. The number of carbonyl (C=O) groups excluding carboxylic acids is 1. The normalized spacial score (nSPS) is 9.95. The van der Waals surface area contributed by atoms with Crippen LogP contribution in [0.4, 0.5) is 0 Å². The summed E-state index contributed by atoms with van der Waals surface area (Å²) in [7, 11) is 0. The van der Waals surface area contributed by atoms with Crippen molar-refractivity contribution < 1.29 is 14.7 Å². The SMILES string of the molecule is CC(C)=O.CCCCCCCCCCCCCCCC(=O)O. The second-order valence-electron chi connectivity index (χ2n) is 6.29. The van der Waals surface area contributed by atoms with E-state index >= 15 is 0 Å². The molecule has 0 saturated carbocycles. The molecule has 0 aromatic heterocycles. The fraction of sp³-hybridized carbons (Fsp3) is 0.895. The van der Waals surface area contributed by atoms with Gasteiger partial charge < -0.3 is 9.90 Å². The first kappa shape index (κ1) is 23.4. The Morgan fingerprint density at radius 2 is 0.909 bits per heavy atom. The number of carbonyl (C=O) groups is 2. The van der Waals surface area contributed by atoms with Crippen LogP contribution in [0.1, 0.15) is 111 Å². The summed E-state index contributed by atoms with van der Waals surface area (Å²) in [5.41, 5.74) is 0. The standard InChI is InChI=1S/C16H32O2.C3H6O/c1-2-3-4-5-6-7-8-9-10-11-12-13-14-15-16(17)18;1-3(2)4/h2-15H2,1H3,(H,17,18);1-2H3. The van der Waals surface area contributed by atoms with Crippen molar-refractivity contribution in [2.45, 2.75) is 111 Å². The second kappa shape index (κ2) is 20.1. The van der Waals surface area contributed by atoms with Gasteiger partial charge in [0.2, 0.25) is 0 Å². The van der Waals surface area contributed by atoms with Crippen LogP contribution in [0.5, 0.6) is 0 Å². The van der Waals surface area contributed by atoms with Crippen LogP contribution in [0.25, 0.3) is 0 Å². The average Bonchev–Trinajstić information content (AvgIpc) is 2.43. The molecule has 22 heavy (non-hydrogen) atoms. The average molecular weight is 315 g/mol. The van der Waals surface area contributed by atoms with Crippen molar-refractivity contribution in [3.05, 3.63) is 0 Å². The van der Waals surface area contributed by atoms with Gasteiger partial charge in [-0.25, -0.2) is 0 Å². The topological polar surface area (TPSA) is 54.4 Å². The number of hydrogen-bond acceptors (Lipinski definition) is 2. The summed E-state index contributed by atoms with van der Waals surface area (Å²) in [5, 5.41) is 8.49. The zero-order valence-corrected chi connectivity index (χ0v) is 15.2. The zero-order chi connectivity index (χ0) is 17.1. The Kier molecular flexibility index (Phi) is 21.4. The number of ketones is 1. The lowest BCUT2D eigenvalue weighted by atomic mass is 10.0. The molecular weight excluding hydrogens is 276 g/mol. The van der Waals surface area contributed by atoms with Gasteiger partial charge in [0.15, 0.2) is 0 Å². The Morgan fingerprint density at radius 3 is 1.18 bits per heavy atom. The van der Waals surface area contributed by atoms with Crippen LogP contribution in [-0.2, 0) is 9.59 Å². The summed E-state index contributed by atoms with van der Waals surface area (Å²) in [4.78, 5) is 19.7. The predicted molar refractivity (Wildman–Crippen MR) is 94.3 cm³/mol. The molecule has 3 heteroatoms. The van der Waals surface area contributed by atoms with Crippen LogP contribution in [0.15, 0.2) is 0 Å². The van der Waals surface area contributed by atoms with Gasteiger partial charge in [0, 0.05) is 6.42 Å². The molecule has 0 heterocycles. The van der Waals surface area contributed by atoms with Crippen molar-refractivity contribution in [2.24, 2.45) is 0 Å². The van der Waals surface area contributed by atoms with Gasteiger partial charge in [0.1, 0.15) is 5.78 Å². The number of carboxylic acids is 1. The van der Waals surface area contributed by atoms with Crippen LogP contribution < -0.4 is 0 Å². The molecule has 0 spiro atoms. The van der Waals surface area contributed by atoms with Crippen LogP contribution >= 0.6 is 0 Å². The van der Waals surface area contributed by atoms with Gasteiger partial charge in [-0.05, 0) is 20.3 Å². The fourth-order valence-electron chi connectivity index (χ4n) is 2.29. The Balaban J connectivity index is 0. The number of aliphatic carboxylic acids is 1.